The van der Waals surface area contributed by atoms with Crippen molar-refractivity contribution < 1.29 is 4.79 Å². The maximum Gasteiger partial charge on any atom is 0.235 e. The first-order valence-corrected chi connectivity index (χ1v) is 2.63. The van der Waals surface area contributed by atoms with Crippen molar-refractivity contribution >= 4 is 28.4 Å². The summed E-state index contributed by atoms with van der Waals surface area (Å²) in [5.74, 6) is 0. The van der Waals surface area contributed by atoms with Crippen LogP contribution < -0.4 is 5.32 Å². The minimum Gasteiger partial charge on any atom is -0.296 e. The second-order valence-electron chi connectivity index (χ2n) is 0.916. The van der Waals surface area contributed by atoms with Gasteiger partial charge in [-0.2, -0.15) is 0 Å². The molecule has 0 aromatic heterocycles. The number of hydrogen-bond donors (Lipinski definition) is 1. The number of alkyl halides is 1. The van der Waals surface area contributed by atoms with Crippen molar-refractivity contribution in [2.45, 2.75) is 0 Å². The van der Waals surface area contributed by atoms with Crippen molar-refractivity contribution in [3.63, 3.8) is 0 Å². The van der Waals surface area contributed by atoms with E-state index in [-0.39, 0.29) is 12.5 Å². The van der Waals surface area contributed by atoms with E-state index in [0.29, 0.717) is 0 Å². The predicted molar refractivity (Wildman–Crippen MR) is 29.6 cm³/mol. The Balaban J connectivity index is 2.82. The van der Waals surface area contributed by atoms with Crippen LogP contribution in [0.1, 0.15) is 0 Å². The van der Waals surface area contributed by atoms with Crippen LogP contribution in [0, 0.1) is 0 Å². The number of nitrogens with one attached hydrogen (secondary N) is 1. The number of carbonyl (C=O) groups excluding carboxylic acids is 1. The Morgan fingerprint density at radius 2 is 2.29 bits per heavy atom. The lowest BCUT2D eigenvalue weighted by Gasteiger charge is -1.88. The molecular weight excluding hydrogens is 137 g/mol. The molecule has 0 aliphatic rings. The van der Waals surface area contributed by atoms with Gasteiger partial charge < -0.3 is 0 Å². The van der Waals surface area contributed by atoms with Crippen molar-refractivity contribution in [3.8, 4) is 0 Å². The van der Waals surface area contributed by atoms with Crippen LogP contribution in [0.5, 0.6) is 0 Å². The molecule has 0 atom stereocenters. The molecule has 0 rings (SSSR count). The normalized spacial score (nSPS) is 8.86. The van der Waals surface area contributed by atoms with Gasteiger partial charge >= 0.3 is 0 Å². The zero-order chi connectivity index (χ0) is 5.70. The summed E-state index contributed by atoms with van der Waals surface area (Å²) in [4.78, 5) is 9.85. The lowest BCUT2D eigenvalue weighted by Crippen LogP contribution is -2.17. The summed E-state index contributed by atoms with van der Waals surface area (Å²) < 4.78 is 0. The van der Waals surface area contributed by atoms with Gasteiger partial charge in [-0.1, -0.05) is 0 Å². The third kappa shape index (κ3) is 6.21. The Kier molecular flexibility index (Phi) is 4.50. The van der Waals surface area contributed by atoms with E-state index in [1.165, 1.54) is 0 Å². The Morgan fingerprint density at radius 1 is 1.71 bits per heavy atom. The summed E-state index contributed by atoms with van der Waals surface area (Å²) in [7, 11) is 0. The summed E-state index contributed by atoms with van der Waals surface area (Å²) in [6, 6.07) is 0.262. The first-order chi connectivity index (χ1) is 3.27. The molecule has 0 heterocycles. The van der Waals surface area contributed by atoms with Gasteiger partial charge in [0, 0.05) is 0 Å². The van der Waals surface area contributed by atoms with E-state index in [2.05, 4.69) is 5.32 Å². The zero-order valence-corrected chi connectivity index (χ0v) is 5.09. The van der Waals surface area contributed by atoms with Gasteiger partial charge in [0.05, 0.1) is 12.5 Å². The van der Waals surface area contributed by atoms with Crippen molar-refractivity contribution in [2.24, 2.45) is 0 Å². The highest BCUT2D eigenvalue weighted by molar-refractivity contribution is 6.64. The molecule has 0 saturated carbocycles. The van der Waals surface area contributed by atoms with Crippen LogP contribution in [-0.2, 0) is 4.79 Å². The summed E-state index contributed by atoms with van der Waals surface area (Å²) >= 11 is 10.0. The van der Waals surface area contributed by atoms with E-state index in [1.807, 2.05) is 0 Å². The minimum absolute atomic E-state index is 0.144. The van der Waals surface area contributed by atoms with Crippen LogP contribution in [0.4, 0.5) is 0 Å². The number of hydrogen-bond acceptors (Lipinski definition) is 2. The van der Waals surface area contributed by atoms with Crippen molar-refractivity contribution in [1.29, 1.82) is 0 Å². The van der Waals surface area contributed by atoms with Gasteiger partial charge in [0.1, 0.15) is 0 Å². The Bertz CT molecular complexity index is 66.0. The molecule has 0 bridgehead atoms. The quantitative estimate of drug-likeness (QED) is 0.354. The highest BCUT2D eigenvalue weighted by Gasteiger charge is 1.89. The summed E-state index contributed by atoms with van der Waals surface area (Å²) in [6.45, 7) is 0.144. The van der Waals surface area contributed by atoms with Crippen LogP contribution in [0.25, 0.3) is 0 Å². The Labute approximate surface area is 51.8 Å². The van der Waals surface area contributed by atoms with E-state index in [9.17, 15) is 4.79 Å². The molecule has 0 spiro atoms. The second kappa shape index (κ2) is 4.37. The van der Waals surface area contributed by atoms with Crippen LogP contribution in [0.3, 0.4) is 0 Å². The van der Waals surface area contributed by atoms with Crippen LogP contribution in [0.15, 0.2) is 0 Å². The first kappa shape index (κ1) is 7.21. The third-order valence-electron chi connectivity index (χ3n) is 0.358. The van der Waals surface area contributed by atoms with E-state index in [1.54, 1.807) is 0 Å². The Hall–Kier alpha value is 0.210. The van der Waals surface area contributed by atoms with Crippen LogP contribution >= 0.6 is 23.2 Å². The number of rotatable bonds is 3. The highest BCUT2D eigenvalue weighted by atomic mass is 35.5. The topological polar surface area (TPSA) is 29.1 Å². The average molecular weight is 142 g/mol. The maximum absolute atomic E-state index is 9.85. The lowest BCUT2D eigenvalue weighted by atomic mass is 10.7. The molecule has 4 heteroatoms. The molecule has 0 amide bonds. The van der Waals surface area contributed by atoms with E-state index in [0.717, 1.165) is 0 Å². The molecule has 0 saturated heterocycles. The second-order valence-corrected chi connectivity index (χ2v) is 1.60. The van der Waals surface area contributed by atoms with Crippen molar-refractivity contribution in [2.75, 3.05) is 12.5 Å². The molecule has 0 unspecified atom stereocenters. The van der Waals surface area contributed by atoms with Crippen molar-refractivity contribution in [3.05, 3.63) is 0 Å². The summed E-state index contributed by atoms with van der Waals surface area (Å²) in [6.07, 6.45) is 0. The van der Waals surface area contributed by atoms with Gasteiger partial charge in [0.2, 0.25) is 5.24 Å². The molecule has 0 aromatic rings. The van der Waals surface area contributed by atoms with Crippen LogP contribution in [0.2, 0.25) is 0 Å². The molecule has 42 valence electrons. The van der Waals surface area contributed by atoms with Gasteiger partial charge in [-0.3, -0.25) is 10.1 Å². The first-order valence-electron chi connectivity index (χ1n) is 1.72. The van der Waals surface area contributed by atoms with E-state index in [4.69, 9.17) is 23.2 Å². The van der Waals surface area contributed by atoms with E-state index < -0.39 is 5.24 Å². The molecule has 0 aliphatic heterocycles. The lowest BCUT2D eigenvalue weighted by molar-refractivity contribution is -0.110. The zero-order valence-electron chi connectivity index (χ0n) is 3.58. The van der Waals surface area contributed by atoms with Gasteiger partial charge in [-0.15, -0.1) is 11.6 Å². The third-order valence-corrected chi connectivity index (χ3v) is 0.681. The van der Waals surface area contributed by atoms with Crippen molar-refractivity contribution in [1.82, 2.24) is 5.32 Å². The fourth-order valence-corrected chi connectivity index (χ4v) is 0.335. The standard InChI is InChI=1S/C3H5Cl2NO/c4-2-6-1-3(5)7/h6H,1-2H2. The van der Waals surface area contributed by atoms with Gasteiger partial charge in [0.15, 0.2) is 0 Å². The predicted octanol–water partition coefficient (Wildman–Crippen LogP) is 0.538. The number of carbonyl (C=O) groups is 1. The smallest absolute Gasteiger partial charge is 0.235 e. The molecule has 0 fully saturated rings. The summed E-state index contributed by atoms with van der Waals surface area (Å²) in [5.41, 5.74) is 0. The monoisotopic (exact) mass is 141 g/mol. The molecule has 0 radical (unpaired) electrons. The van der Waals surface area contributed by atoms with Gasteiger partial charge in [0.25, 0.3) is 0 Å². The maximum atomic E-state index is 9.85. The fourth-order valence-electron chi connectivity index (χ4n) is 0.146. The van der Waals surface area contributed by atoms with Gasteiger partial charge in [-0.25, -0.2) is 0 Å². The summed E-state index contributed by atoms with van der Waals surface area (Å²) in [5, 5.41) is 2.12. The molecule has 0 aliphatic carbocycles. The molecule has 2 nitrogen and oxygen atoms in total. The minimum atomic E-state index is -0.416. The highest BCUT2D eigenvalue weighted by Crippen LogP contribution is 1.74. The van der Waals surface area contributed by atoms with Crippen LogP contribution in [-0.4, -0.2) is 17.8 Å². The molecular formula is C3H5Cl2NO. The molecule has 1 N–H and O–H groups in total. The number of halogens is 2. The SMILES string of the molecule is O=C(Cl)CNCCl. The fraction of sp³-hybridized carbons (Fsp3) is 0.667. The average Bonchev–Trinajstić information content (AvgIpc) is 1.61. The van der Waals surface area contributed by atoms with Gasteiger partial charge in [-0.05, 0) is 11.6 Å². The van der Waals surface area contributed by atoms with E-state index >= 15 is 0 Å². The Morgan fingerprint density at radius 3 is 2.43 bits per heavy atom. The molecule has 7 heavy (non-hydrogen) atoms. The molecule has 0 aromatic carbocycles. The largest absolute Gasteiger partial charge is 0.296 e.